The molecule has 1 atom stereocenters. The van der Waals surface area contributed by atoms with E-state index in [9.17, 15) is 4.79 Å². The largest absolute Gasteiger partial charge is 0.415 e. The number of piperidine rings is 1. The van der Waals surface area contributed by atoms with E-state index in [-0.39, 0.29) is 11.9 Å². The van der Waals surface area contributed by atoms with Crippen LogP contribution in [0.3, 0.4) is 0 Å². The van der Waals surface area contributed by atoms with Crippen molar-refractivity contribution in [1.29, 1.82) is 0 Å². The Hall–Kier alpha value is -4.25. The molecule has 11 heteroatoms. The first-order valence-corrected chi connectivity index (χ1v) is 14.0. The van der Waals surface area contributed by atoms with Crippen molar-refractivity contribution in [3.63, 3.8) is 0 Å². The molecule has 2 N–H and O–H groups in total. The van der Waals surface area contributed by atoms with E-state index in [1.165, 1.54) is 30.3 Å². The molecule has 2 saturated heterocycles. The summed E-state index contributed by atoms with van der Waals surface area (Å²) in [6, 6.07) is 14.0. The number of anilines is 4. The van der Waals surface area contributed by atoms with Crippen molar-refractivity contribution in [2.75, 3.05) is 41.7 Å². The van der Waals surface area contributed by atoms with Crippen molar-refractivity contribution >= 4 is 39.7 Å². The molecule has 0 saturated carbocycles. The monoisotopic (exact) mass is 542 g/mol. The lowest BCUT2D eigenvalue weighted by atomic mass is 10.1. The van der Waals surface area contributed by atoms with Crippen LogP contribution in [0.1, 0.15) is 25.7 Å². The highest BCUT2D eigenvalue weighted by atomic mass is 32.1. The standard InChI is InChI=1S/C28H30N8O2S/c1-2-25(37)36-14-8-11-20(18-36)30-23-15-21(35-12-6-7-13-35)16-24(31-23)32-28-29-17-22(39-28)27-34-33-26(38-27)19-9-4-3-5-10-19/h2-5,9-10,15-17,20H,1,6-8,11-14,18H2,(H2,29,30,31,32)/t20-/m0/s1. The molecule has 10 nitrogen and oxygen atoms in total. The molecular weight excluding hydrogens is 512 g/mol. The normalized spacial score (nSPS) is 17.3. The minimum absolute atomic E-state index is 0.0284. The van der Waals surface area contributed by atoms with Crippen LogP contribution in [-0.4, -0.2) is 63.2 Å². The Morgan fingerprint density at radius 3 is 2.67 bits per heavy atom. The van der Waals surface area contributed by atoms with Crippen LogP contribution in [0.5, 0.6) is 0 Å². The summed E-state index contributed by atoms with van der Waals surface area (Å²) in [5.41, 5.74) is 1.99. The Kier molecular flexibility index (Phi) is 7.22. The van der Waals surface area contributed by atoms with Crippen LogP contribution in [0.25, 0.3) is 22.2 Å². The van der Waals surface area contributed by atoms with Gasteiger partial charge in [0.05, 0.1) is 6.20 Å². The first kappa shape index (κ1) is 25.1. The number of carbonyl (C=O) groups excluding carboxylic acids is 1. The zero-order valence-corrected chi connectivity index (χ0v) is 22.4. The Bertz CT molecular complexity index is 1450. The van der Waals surface area contributed by atoms with Gasteiger partial charge >= 0.3 is 0 Å². The van der Waals surface area contributed by atoms with Crippen LogP contribution in [0.4, 0.5) is 22.5 Å². The van der Waals surface area contributed by atoms with E-state index in [2.05, 4.69) is 49.4 Å². The molecule has 200 valence electrons. The summed E-state index contributed by atoms with van der Waals surface area (Å²) in [4.78, 5) is 26.5. The number of carbonyl (C=O) groups is 1. The number of aromatic nitrogens is 4. The van der Waals surface area contributed by atoms with E-state index < -0.39 is 0 Å². The van der Waals surface area contributed by atoms with Crippen molar-refractivity contribution < 1.29 is 9.21 Å². The van der Waals surface area contributed by atoms with Gasteiger partial charge in [0, 0.05) is 55.6 Å². The van der Waals surface area contributed by atoms with Crippen LogP contribution in [0.15, 0.2) is 65.7 Å². The number of nitrogens with zero attached hydrogens (tertiary/aromatic N) is 6. The topological polar surface area (TPSA) is 112 Å². The van der Waals surface area contributed by atoms with Crippen molar-refractivity contribution in [1.82, 2.24) is 25.1 Å². The summed E-state index contributed by atoms with van der Waals surface area (Å²) < 4.78 is 5.90. The van der Waals surface area contributed by atoms with Crippen LogP contribution in [0.2, 0.25) is 0 Å². The number of rotatable bonds is 8. The second-order valence-corrected chi connectivity index (χ2v) is 10.7. The van der Waals surface area contributed by atoms with Gasteiger partial charge in [-0.25, -0.2) is 9.97 Å². The Morgan fingerprint density at radius 2 is 1.85 bits per heavy atom. The molecule has 1 aromatic carbocycles. The molecule has 2 aliphatic rings. The second kappa shape index (κ2) is 11.2. The number of thiazole rings is 1. The third-order valence-electron chi connectivity index (χ3n) is 6.94. The van der Waals surface area contributed by atoms with Crippen molar-refractivity contribution in [2.45, 2.75) is 31.7 Å². The summed E-state index contributed by atoms with van der Waals surface area (Å²) in [5.74, 6) is 2.35. The van der Waals surface area contributed by atoms with E-state index in [1.807, 2.05) is 35.2 Å². The minimum atomic E-state index is -0.0284. The van der Waals surface area contributed by atoms with Gasteiger partial charge in [-0.15, -0.1) is 10.2 Å². The average Bonchev–Trinajstić information content (AvgIpc) is 3.75. The number of hydrogen-bond acceptors (Lipinski definition) is 10. The van der Waals surface area contributed by atoms with E-state index in [0.717, 1.165) is 54.4 Å². The van der Waals surface area contributed by atoms with Crippen molar-refractivity contribution in [2.24, 2.45) is 0 Å². The van der Waals surface area contributed by atoms with E-state index >= 15 is 0 Å². The number of pyridine rings is 1. The molecule has 1 amide bonds. The van der Waals surface area contributed by atoms with Gasteiger partial charge in [-0.2, -0.15) is 0 Å². The van der Waals surface area contributed by atoms with Crippen LogP contribution < -0.4 is 15.5 Å². The average molecular weight is 543 g/mol. The third-order valence-corrected chi connectivity index (χ3v) is 7.84. The number of benzene rings is 1. The zero-order chi connectivity index (χ0) is 26.6. The van der Waals surface area contributed by atoms with Crippen LogP contribution >= 0.6 is 11.3 Å². The van der Waals surface area contributed by atoms with Crippen LogP contribution in [0, 0.1) is 0 Å². The molecule has 0 spiro atoms. The van der Waals surface area contributed by atoms with Gasteiger partial charge < -0.3 is 24.9 Å². The van der Waals surface area contributed by atoms with Gasteiger partial charge in [0.15, 0.2) is 5.13 Å². The maximum Gasteiger partial charge on any atom is 0.259 e. The fourth-order valence-corrected chi connectivity index (χ4v) is 5.75. The molecular formula is C28H30N8O2S. The molecule has 3 aromatic heterocycles. The molecule has 0 aliphatic carbocycles. The lowest BCUT2D eigenvalue weighted by molar-refractivity contribution is -0.127. The molecule has 6 rings (SSSR count). The number of likely N-dealkylation sites (tertiary alicyclic amines) is 1. The molecule has 0 bridgehead atoms. The Labute approximate surface area is 230 Å². The number of nitrogens with one attached hydrogen (secondary N) is 2. The second-order valence-electron chi connectivity index (χ2n) is 9.69. The van der Waals surface area contributed by atoms with Gasteiger partial charge in [-0.05, 0) is 43.9 Å². The summed E-state index contributed by atoms with van der Waals surface area (Å²) >= 11 is 1.43. The van der Waals surface area contributed by atoms with Crippen molar-refractivity contribution in [3.05, 3.63) is 61.3 Å². The quantitative estimate of drug-likeness (QED) is 0.291. The minimum Gasteiger partial charge on any atom is -0.415 e. The lowest BCUT2D eigenvalue weighted by Gasteiger charge is -2.33. The molecule has 2 fully saturated rings. The van der Waals surface area contributed by atoms with Gasteiger partial charge in [-0.3, -0.25) is 4.79 Å². The predicted molar refractivity (Wildman–Crippen MR) is 153 cm³/mol. The lowest BCUT2D eigenvalue weighted by Crippen LogP contribution is -2.44. The summed E-state index contributed by atoms with van der Waals surface area (Å²) in [6.07, 6.45) is 7.39. The van der Waals surface area contributed by atoms with E-state index in [4.69, 9.17) is 9.40 Å². The van der Waals surface area contributed by atoms with Gasteiger partial charge in [0.2, 0.25) is 11.8 Å². The zero-order valence-electron chi connectivity index (χ0n) is 21.5. The highest BCUT2D eigenvalue weighted by Crippen LogP contribution is 2.33. The van der Waals surface area contributed by atoms with Crippen LogP contribution in [-0.2, 0) is 4.79 Å². The fourth-order valence-electron chi connectivity index (χ4n) is 5.01. The smallest absolute Gasteiger partial charge is 0.259 e. The SMILES string of the molecule is C=CC(=O)N1CCC[C@H](Nc2cc(N3CCCC3)cc(Nc3ncc(-c4nnc(-c5ccccc5)o4)s3)n2)C1. The van der Waals surface area contributed by atoms with Gasteiger partial charge in [0.25, 0.3) is 5.89 Å². The Morgan fingerprint density at radius 1 is 1.05 bits per heavy atom. The summed E-state index contributed by atoms with van der Waals surface area (Å²) in [5, 5.41) is 16.0. The molecule has 0 radical (unpaired) electrons. The maximum absolute atomic E-state index is 12.2. The molecule has 5 heterocycles. The predicted octanol–water partition coefficient (Wildman–Crippen LogP) is 5.19. The van der Waals surface area contributed by atoms with Crippen molar-refractivity contribution in [3.8, 4) is 22.2 Å². The first-order valence-electron chi connectivity index (χ1n) is 13.2. The molecule has 39 heavy (non-hydrogen) atoms. The van der Waals surface area contributed by atoms with E-state index in [1.54, 1.807) is 6.20 Å². The number of amides is 1. The summed E-state index contributed by atoms with van der Waals surface area (Å²) in [6.45, 7) is 7.07. The van der Waals surface area contributed by atoms with E-state index in [0.29, 0.717) is 29.3 Å². The molecule has 2 aliphatic heterocycles. The highest BCUT2D eigenvalue weighted by Gasteiger charge is 2.23. The fraction of sp³-hybridized carbons (Fsp3) is 0.321. The molecule has 0 unspecified atom stereocenters. The van der Waals surface area contributed by atoms with Gasteiger partial charge in [0.1, 0.15) is 16.5 Å². The maximum atomic E-state index is 12.2. The van der Waals surface area contributed by atoms with Gasteiger partial charge in [-0.1, -0.05) is 36.1 Å². The molecule has 4 aromatic rings. The summed E-state index contributed by atoms with van der Waals surface area (Å²) in [7, 11) is 0. The first-order chi connectivity index (χ1) is 19.1. The number of hydrogen-bond donors (Lipinski definition) is 2. The Balaban J connectivity index is 1.21. The highest BCUT2D eigenvalue weighted by molar-refractivity contribution is 7.18. The third kappa shape index (κ3) is 5.78.